The van der Waals surface area contributed by atoms with Gasteiger partial charge in [-0.2, -0.15) is 0 Å². The van der Waals surface area contributed by atoms with Crippen molar-refractivity contribution in [3.8, 4) is 0 Å². The molecule has 3 aromatic heterocycles. The highest BCUT2D eigenvalue weighted by Gasteiger charge is 2.16. The summed E-state index contributed by atoms with van der Waals surface area (Å²) in [6.45, 7) is 0.297. The molecule has 3 N–H and O–H groups in total. The second kappa shape index (κ2) is 7.78. The normalized spacial score (nSPS) is 11.1. The first-order valence-electron chi connectivity index (χ1n) is 7.59. The third-order valence-electron chi connectivity index (χ3n) is 3.34. The quantitative estimate of drug-likeness (QED) is 0.600. The zero-order valence-electron chi connectivity index (χ0n) is 13.2. The molecule has 0 fully saturated rings. The van der Waals surface area contributed by atoms with Gasteiger partial charge in [0.15, 0.2) is 5.76 Å². The van der Waals surface area contributed by atoms with Gasteiger partial charge in [0.25, 0.3) is 11.8 Å². The van der Waals surface area contributed by atoms with Crippen LogP contribution < -0.4 is 10.6 Å². The summed E-state index contributed by atoms with van der Waals surface area (Å²) in [5, 5.41) is 5.33. The van der Waals surface area contributed by atoms with E-state index in [4.69, 9.17) is 4.42 Å². The van der Waals surface area contributed by atoms with Gasteiger partial charge in [0.2, 0.25) is 0 Å². The standard InChI is InChI=1S/C18H16N4O3/c23-17(21-12-13-4-1-7-19-11-13)15(10-14-5-2-8-20-14)22-18(24)16-6-3-9-25-16/h1-11,20H,12H2,(H,21,23)(H,22,24)/b15-10-. The zero-order chi connectivity index (χ0) is 17.5. The number of rotatable bonds is 6. The second-order valence-corrected chi connectivity index (χ2v) is 5.16. The van der Waals surface area contributed by atoms with Gasteiger partial charge in [-0.1, -0.05) is 6.07 Å². The summed E-state index contributed by atoms with van der Waals surface area (Å²) >= 11 is 0. The third kappa shape index (κ3) is 4.44. The first kappa shape index (κ1) is 16.3. The maximum atomic E-state index is 12.5. The van der Waals surface area contributed by atoms with Crippen molar-refractivity contribution in [3.63, 3.8) is 0 Å². The molecule has 0 aliphatic rings. The number of carbonyl (C=O) groups is 2. The number of nitrogens with zero attached hydrogens (tertiary/aromatic N) is 1. The van der Waals surface area contributed by atoms with Crippen molar-refractivity contribution in [2.24, 2.45) is 0 Å². The Balaban J connectivity index is 1.73. The Bertz CT molecular complexity index is 853. The topological polar surface area (TPSA) is 100 Å². The Morgan fingerprint density at radius 1 is 1.20 bits per heavy atom. The predicted molar refractivity (Wildman–Crippen MR) is 91.0 cm³/mol. The molecule has 2 amide bonds. The van der Waals surface area contributed by atoms with Crippen molar-refractivity contribution < 1.29 is 14.0 Å². The fourth-order valence-electron chi connectivity index (χ4n) is 2.12. The summed E-state index contributed by atoms with van der Waals surface area (Å²) in [5.41, 5.74) is 1.64. The summed E-state index contributed by atoms with van der Waals surface area (Å²) in [6.07, 6.45) is 8.00. The molecule has 0 saturated carbocycles. The summed E-state index contributed by atoms with van der Waals surface area (Å²) in [7, 11) is 0. The van der Waals surface area contributed by atoms with Crippen molar-refractivity contribution in [3.05, 3.63) is 84.0 Å². The van der Waals surface area contributed by atoms with Crippen LogP contribution in [0, 0.1) is 0 Å². The molecular formula is C18H16N4O3. The Hall–Kier alpha value is -3.61. The van der Waals surface area contributed by atoms with Crippen molar-refractivity contribution in [1.29, 1.82) is 0 Å². The molecule has 0 aliphatic carbocycles. The van der Waals surface area contributed by atoms with E-state index in [9.17, 15) is 9.59 Å². The van der Waals surface area contributed by atoms with E-state index in [2.05, 4.69) is 20.6 Å². The Labute approximate surface area is 143 Å². The number of H-pyrrole nitrogens is 1. The van der Waals surface area contributed by atoms with Crippen molar-refractivity contribution in [2.45, 2.75) is 6.54 Å². The number of amides is 2. The van der Waals surface area contributed by atoms with Crippen LogP contribution in [0.25, 0.3) is 6.08 Å². The van der Waals surface area contributed by atoms with Crippen molar-refractivity contribution in [1.82, 2.24) is 20.6 Å². The number of nitrogens with one attached hydrogen (secondary N) is 3. The monoisotopic (exact) mass is 336 g/mol. The fraction of sp³-hybridized carbons (Fsp3) is 0.0556. The molecule has 7 heteroatoms. The van der Waals surface area contributed by atoms with Crippen molar-refractivity contribution in [2.75, 3.05) is 0 Å². The van der Waals surface area contributed by atoms with Gasteiger partial charge in [-0.05, 0) is 42.0 Å². The molecule has 7 nitrogen and oxygen atoms in total. The van der Waals surface area contributed by atoms with Crippen LogP contribution in [0.5, 0.6) is 0 Å². The van der Waals surface area contributed by atoms with Gasteiger partial charge < -0.3 is 20.0 Å². The predicted octanol–water partition coefficient (Wildman–Crippen LogP) is 2.09. The smallest absolute Gasteiger partial charge is 0.291 e. The third-order valence-corrected chi connectivity index (χ3v) is 3.34. The molecule has 0 spiro atoms. The molecule has 0 saturated heterocycles. The SMILES string of the molecule is O=C(NCc1cccnc1)/C(=C/c1ccc[nH]1)NC(=O)c1ccco1. The van der Waals surface area contributed by atoms with Crippen LogP contribution >= 0.6 is 0 Å². The van der Waals surface area contributed by atoms with Crippen LogP contribution in [0.2, 0.25) is 0 Å². The highest BCUT2D eigenvalue weighted by Crippen LogP contribution is 2.06. The highest BCUT2D eigenvalue weighted by molar-refractivity contribution is 6.04. The van der Waals surface area contributed by atoms with Crippen LogP contribution in [0.1, 0.15) is 21.8 Å². The van der Waals surface area contributed by atoms with Gasteiger partial charge in [-0.3, -0.25) is 14.6 Å². The molecule has 3 rings (SSSR count). The molecular weight excluding hydrogens is 320 g/mol. The number of carbonyl (C=O) groups excluding carboxylic acids is 2. The molecule has 0 aliphatic heterocycles. The van der Waals surface area contributed by atoms with E-state index in [-0.39, 0.29) is 11.5 Å². The lowest BCUT2D eigenvalue weighted by atomic mass is 10.2. The van der Waals surface area contributed by atoms with E-state index in [1.165, 1.54) is 12.3 Å². The maximum absolute atomic E-state index is 12.5. The van der Waals surface area contributed by atoms with Gasteiger partial charge >= 0.3 is 0 Å². The Morgan fingerprint density at radius 2 is 2.12 bits per heavy atom. The van der Waals surface area contributed by atoms with Gasteiger partial charge in [0.05, 0.1) is 6.26 Å². The van der Waals surface area contributed by atoms with Crippen molar-refractivity contribution >= 4 is 17.9 Å². The Kier molecular flexibility index (Phi) is 5.06. The molecule has 3 aromatic rings. The van der Waals surface area contributed by atoms with E-state index in [1.54, 1.807) is 48.9 Å². The van der Waals surface area contributed by atoms with E-state index < -0.39 is 11.8 Å². The minimum absolute atomic E-state index is 0.104. The molecule has 0 atom stereocenters. The number of aromatic nitrogens is 2. The minimum Gasteiger partial charge on any atom is -0.459 e. The van der Waals surface area contributed by atoms with Crippen LogP contribution in [-0.4, -0.2) is 21.8 Å². The largest absolute Gasteiger partial charge is 0.459 e. The van der Waals surface area contributed by atoms with Gasteiger partial charge in [-0.15, -0.1) is 0 Å². The number of hydrogen-bond acceptors (Lipinski definition) is 4. The lowest BCUT2D eigenvalue weighted by Crippen LogP contribution is -2.34. The summed E-state index contributed by atoms with van der Waals surface area (Å²) in [5.74, 6) is -0.796. The van der Waals surface area contributed by atoms with Crippen LogP contribution in [0.3, 0.4) is 0 Å². The Morgan fingerprint density at radius 3 is 2.80 bits per heavy atom. The molecule has 126 valence electrons. The average molecular weight is 336 g/mol. The minimum atomic E-state index is -0.501. The van der Waals surface area contributed by atoms with Crippen LogP contribution in [0.15, 0.2) is 71.4 Å². The van der Waals surface area contributed by atoms with Crippen LogP contribution in [0.4, 0.5) is 0 Å². The number of pyridine rings is 1. The van der Waals surface area contributed by atoms with Gasteiger partial charge in [-0.25, -0.2) is 0 Å². The average Bonchev–Trinajstić information content (AvgIpc) is 3.33. The summed E-state index contributed by atoms with van der Waals surface area (Å²) in [4.78, 5) is 31.6. The lowest BCUT2D eigenvalue weighted by Gasteiger charge is -2.10. The maximum Gasteiger partial charge on any atom is 0.291 e. The molecule has 3 heterocycles. The number of hydrogen-bond donors (Lipinski definition) is 3. The number of furan rings is 1. The number of aromatic amines is 1. The molecule has 25 heavy (non-hydrogen) atoms. The highest BCUT2D eigenvalue weighted by atomic mass is 16.3. The second-order valence-electron chi connectivity index (χ2n) is 5.16. The van der Waals surface area contributed by atoms with E-state index >= 15 is 0 Å². The van der Waals surface area contributed by atoms with Gasteiger partial charge in [0.1, 0.15) is 5.70 Å². The van der Waals surface area contributed by atoms with E-state index in [1.807, 2.05) is 6.07 Å². The lowest BCUT2D eigenvalue weighted by molar-refractivity contribution is -0.117. The summed E-state index contributed by atoms with van der Waals surface area (Å²) < 4.78 is 5.05. The molecule has 0 bridgehead atoms. The van der Waals surface area contributed by atoms with E-state index in [0.717, 1.165) is 5.56 Å². The van der Waals surface area contributed by atoms with Gasteiger partial charge in [0, 0.05) is 30.8 Å². The zero-order valence-corrected chi connectivity index (χ0v) is 13.2. The summed E-state index contributed by atoms with van der Waals surface area (Å²) in [6, 6.07) is 10.3. The van der Waals surface area contributed by atoms with Crippen LogP contribution in [-0.2, 0) is 11.3 Å². The molecule has 0 radical (unpaired) electrons. The first-order valence-corrected chi connectivity index (χ1v) is 7.59. The first-order chi connectivity index (χ1) is 12.2. The molecule has 0 unspecified atom stereocenters. The fourth-order valence-corrected chi connectivity index (χ4v) is 2.12. The molecule has 0 aromatic carbocycles. The van der Waals surface area contributed by atoms with E-state index in [0.29, 0.717) is 12.2 Å².